The number of carbonyl (C=O) groups is 3. The lowest BCUT2D eigenvalue weighted by molar-refractivity contribution is -0.148. The Kier molecular flexibility index (Phi) is 8.68. The van der Waals surface area contributed by atoms with Crippen molar-refractivity contribution in [1.29, 1.82) is 0 Å². The molecular weight excluding hydrogens is 388 g/mol. The smallest absolute Gasteiger partial charge is 0.325 e. The fraction of sp³-hybridized carbons (Fsp3) is 0.318. The second kappa shape index (κ2) is 11.5. The molecule has 30 heavy (non-hydrogen) atoms. The van der Waals surface area contributed by atoms with Gasteiger partial charge in [-0.2, -0.15) is 0 Å². The van der Waals surface area contributed by atoms with Crippen LogP contribution in [0.25, 0.3) is 0 Å². The zero-order valence-electron chi connectivity index (χ0n) is 17.3. The molecule has 0 aliphatic heterocycles. The Labute approximate surface area is 175 Å². The summed E-state index contributed by atoms with van der Waals surface area (Å²) in [6.45, 7) is 5.90. The van der Waals surface area contributed by atoms with Gasteiger partial charge in [0.1, 0.15) is 11.5 Å². The van der Waals surface area contributed by atoms with Crippen LogP contribution in [-0.2, 0) is 14.3 Å². The van der Waals surface area contributed by atoms with E-state index >= 15 is 0 Å². The van der Waals surface area contributed by atoms with Gasteiger partial charge >= 0.3 is 12.0 Å². The summed E-state index contributed by atoms with van der Waals surface area (Å²) in [5.74, 6) is -0.00778. The lowest BCUT2D eigenvalue weighted by atomic mass is 10.1. The van der Waals surface area contributed by atoms with Crippen LogP contribution in [0.1, 0.15) is 24.5 Å². The summed E-state index contributed by atoms with van der Waals surface area (Å²) in [4.78, 5) is 35.3. The van der Waals surface area contributed by atoms with E-state index < -0.39 is 24.5 Å². The molecule has 2 N–H and O–H groups in total. The molecule has 0 bridgehead atoms. The predicted octanol–water partition coefficient (Wildman–Crippen LogP) is 3.36. The first-order valence-electron chi connectivity index (χ1n) is 9.56. The third-order valence-electron chi connectivity index (χ3n) is 4.09. The Balaban J connectivity index is 1.64. The lowest BCUT2D eigenvalue weighted by Gasteiger charge is -2.09. The van der Waals surface area contributed by atoms with Crippen molar-refractivity contribution < 1.29 is 28.6 Å². The number of amides is 3. The zero-order valence-corrected chi connectivity index (χ0v) is 17.3. The SMILES string of the molecule is CCOc1ccc(OCCC(=O)OCC(=O)NC(=O)Nc2ccc(C)c(C)c2)cc1. The second-order valence-electron chi connectivity index (χ2n) is 6.46. The highest BCUT2D eigenvalue weighted by atomic mass is 16.5. The van der Waals surface area contributed by atoms with Gasteiger partial charge in [-0.1, -0.05) is 6.07 Å². The molecule has 2 aromatic carbocycles. The Morgan fingerprint density at radius 3 is 2.20 bits per heavy atom. The highest BCUT2D eigenvalue weighted by Gasteiger charge is 2.12. The van der Waals surface area contributed by atoms with E-state index in [1.54, 1.807) is 36.4 Å². The Hall–Kier alpha value is -3.55. The number of ether oxygens (including phenoxy) is 3. The minimum absolute atomic E-state index is 0.0324. The topological polar surface area (TPSA) is 103 Å². The highest BCUT2D eigenvalue weighted by Crippen LogP contribution is 2.17. The number of aryl methyl sites for hydroxylation is 2. The van der Waals surface area contributed by atoms with Gasteiger partial charge in [0.2, 0.25) is 0 Å². The molecule has 0 aromatic heterocycles. The van der Waals surface area contributed by atoms with Crippen molar-refractivity contribution in [3.8, 4) is 11.5 Å². The fourth-order valence-corrected chi connectivity index (χ4v) is 2.41. The zero-order chi connectivity index (χ0) is 21.9. The van der Waals surface area contributed by atoms with E-state index in [1.807, 2.05) is 26.8 Å². The fourth-order valence-electron chi connectivity index (χ4n) is 2.41. The summed E-state index contributed by atoms with van der Waals surface area (Å²) in [5.41, 5.74) is 2.67. The molecule has 8 heteroatoms. The van der Waals surface area contributed by atoms with Gasteiger partial charge < -0.3 is 19.5 Å². The van der Waals surface area contributed by atoms with Gasteiger partial charge in [-0.3, -0.25) is 14.9 Å². The summed E-state index contributed by atoms with van der Waals surface area (Å²) < 4.78 is 15.6. The molecule has 3 amide bonds. The van der Waals surface area contributed by atoms with Gasteiger partial charge in [-0.25, -0.2) is 4.79 Å². The van der Waals surface area contributed by atoms with Crippen LogP contribution in [0, 0.1) is 13.8 Å². The molecule has 0 aliphatic rings. The molecule has 0 aliphatic carbocycles. The summed E-state index contributed by atoms with van der Waals surface area (Å²) >= 11 is 0. The minimum Gasteiger partial charge on any atom is -0.494 e. The van der Waals surface area contributed by atoms with Crippen LogP contribution in [0.2, 0.25) is 0 Å². The molecule has 0 atom stereocenters. The number of hydrogen-bond acceptors (Lipinski definition) is 6. The average molecular weight is 414 g/mol. The number of rotatable bonds is 9. The van der Waals surface area contributed by atoms with Crippen molar-refractivity contribution in [3.05, 3.63) is 53.6 Å². The van der Waals surface area contributed by atoms with Crippen LogP contribution in [0.3, 0.4) is 0 Å². The van der Waals surface area contributed by atoms with Gasteiger partial charge in [0.05, 0.1) is 19.6 Å². The summed E-state index contributed by atoms with van der Waals surface area (Å²) in [6, 6.07) is 11.7. The van der Waals surface area contributed by atoms with E-state index in [4.69, 9.17) is 14.2 Å². The summed E-state index contributed by atoms with van der Waals surface area (Å²) in [6.07, 6.45) is -0.0324. The van der Waals surface area contributed by atoms with E-state index in [0.29, 0.717) is 18.0 Å². The number of benzene rings is 2. The monoisotopic (exact) mass is 414 g/mol. The number of imide groups is 1. The number of urea groups is 1. The molecule has 160 valence electrons. The van der Waals surface area contributed by atoms with E-state index in [2.05, 4.69) is 10.6 Å². The van der Waals surface area contributed by atoms with Crippen LogP contribution in [0.5, 0.6) is 11.5 Å². The largest absolute Gasteiger partial charge is 0.494 e. The standard InChI is InChI=1S/C22H26N2O6/c1-4-28-18-7-9-19(10-8-18)29-12-11-21(26)30-14-20(25)24-22(27)23-17-6-5-15(2)16(3)13-17/h5-10,13H,4,11-12,14H2,1-3H3,(H2,23,24,25,27). The number of anilines is 1. The van der Waals surface area contributed by atoms with Crippen molar-refractivity contribution in [2.24, 2.45) is 0 Å². The van der Waals surface area contributed by atoms with Gasteiger partial charge in [0.15, 0.2) is 6.61 Å². The highest BCUT2D eigenvalue weighted by molar-refractivity contribution is 6.01. The first-order valence-corrected chi connectivity index (χ1v) is 9.56. The van der Waals surface area contributed by atoms with Gasteiger partial charge in [-0.15, -0.1) is 0 Å². The average Bonchev–Trinajstić information content (AvgIpc) is 2.71. The molecular formula is C22H26N2O6. The lowest BCUT2D eigenvalue weighted by Crippen LogP contribution is -2.37. The minimum atomic E-state index is -0.725. The third-order valence-corrected chi connectivity index (χ3v) is 4.09. The van der Waals surface area contributed by atoms with Crippen molar-refractivity contribution >= 4 is 23.6 Å². The number of esters is 1. The molecule has 2 rings (SSSR count). The van der Waals surface area contributed by atoms with Crippen LogP contribution in [0.15, 0.2) is 42.5 Å². The molecule has 0 unspecified atom stereocenters. The predicted molar refractivity (Wildman–Crippen MR) is 112 cm³/mol. The van der Waals surface area contributed by atoms with E-state index in [0.717, 1.165) is 16.9 Å². The summed E-state index contributed by atoms with van der Waals surface area (Å²) in [5, 5.41) is 4.66. The quantitative estimate of drug-likeness (QED) is 0.610. The third kappa shape index (κ3) is 7.83. The Morgan fingerprint density at radius 2 is 1.57 bits per heavy atom. The maximum absolute atomic E-state index is 11.8. The van der Waals surface area contributed by atoms with Crippen molar-refractivity contribution in [3.63, 3.8) is 0 Å². The Morgan fingerprint density at radius 1 is 0.900 bits per heavy atom. The molecule has 0 radical (unpaired) electrons. The van der Waals surface area contributed by atoms with E-state index in [1.165, 1.54) is 0 Å². The van der Waals surface area contributed by atoms with Crippen molar-refractivity contribution in [2.75, 3.05) is 25.1 Å². The number of hydrogen-bond donors (Lipinski definition) is 2. The van der Waals surface area contributed by atoms with Crippen molar-refractivity contribution in [2.45, 2.75) is 27.2 Å². The molecule has 0 heterocycles. The normalized spacial score (nSPS) is 10.1. The molecule has 8 nitrogen and oxygen atoms in total. The van der Waals surface area contributed by atoms with Crippen molar-refractivity contribution in [1.82, 2.24) is 5.32 Å². The van der Waals surface area contributed by atoms with Gasteiger partial charge in [-0.05, 0) is 68.3 Å². The van der Waals surface area contributed by atoms with Gasteiger partial charge in [0.25, 0.3) is 5.91 Å². The second-order valence-corrected chi connectivity index (χ2v) is 6.46. The molecule has 0 fully saturated rings. The van der Waals surface area contributed by atoms with Crippen LogP contribution in [-0.4, -0.2) is 37.7 Å². The summed E-state index contributed by atoms with van der Waals surface area (Å²) in [7, 11) is 0. The van der Waals surface area contributed by atoms with Gasteiger partial charge in [0, 0.05) is 5.69 Å². The number of nitrogens with one attached hydrogen (secondary N) is 2. The molecule has 0 saturated heterocycles. The number of carbonyl (C=O) groups excluding carboxylic acids is 3. The van der Waals surface area contributed by atoms with Crippen LogP contribution in [0.4, 0.5) is 10.5 Å². The Bertz CT molecular complexity index is 880. The first kappa shape index (κ1) is 22.7. The molecule has 0 saturated carbocycles. The van der Waals surface area contributed by atoms with E-state index in [9.17, 15) is 14.4 Å². The molecule has 2 aromatic rings. The van der Waals surface area contributed by atoms with Crippen LogP contribution >= 0.6 is 0 Å². The first-order chi connectivity index (χ1) is 14.4. The van der Waals surface area contributed by atoms with E-state index in [-0.39, 0.29) is 13.0 Å². The maximum Gasteiger partial charge on any atom is 0.325 e. The maximum atomic E-state index is 11.8. The van der Waals surface area contributed by atoms with Crippen LogP contribution < -0.4 is 20.1 Å². The molecule has 0 spiro atoms.